The highest BCUT2D eigenvalue weighted by Crippen LogP contribution is 2.28. The maximum Gasteiger partial charge on any atom is 0.259 e. The summed E-state index contributed by atoms with van der Waals surface area (Å²) in [7, 11) is -3.85. The Morgan fingerprint density at radius 2 is 2.00 bits per heavy atom. The summed E-state index contributed by atoms with van der Waals surface area (Å²) in [5.41, 5.74) is 2.08. The number of carbonyl (C=O) groups excluding carboxylic acids is 1. The van der Waals surface area contributed by atoms with E-state index < -0.39 is 22.0 Å². The van der Waals surface area contributed by atoms with Crippen molar-refractivity contribution in [3.05, 3.63) is 65.5 Å². The summed E-state index contributed by atoms with van der Waals surface area (Å²) in [6.07, 6.45) is 1.51. The van der Waals surface area contributed by atoms with Crippen LogP contribution in [0.1, 0.15) is 34.6 Å². The standard InChI is InChI=1S/C20H18N4O5S/c1-11(13-5-3-6-14(9-13)30(21,26)27)22-19(25)15-10-16(17-7-4-8-28-17)23-20-18(15)12(2)24-29-20/h3-11H,1-2H3,(H,22,25)(H2,21,26,27). The second-order valence-corrected chi connectivity index (χ2v) is 8.35. The molecule has 0 fully saturated rings. The average Bonchev–Trinajstić information content (AvgIpc) is 3.37. The third kappa shape index (κ3) is 3.70. The fourth-order valence-electron chi connectivity index (χ4n) is 3.14. The van der Waals surface area contributed by atoms with Crippen molar-refractivity contribution in [2.45, 2.75) is 24.8 Å². The largest absolute Gasteiger partial charge is 0.463 e. The van der Waals surface area contributed by atoms with Crippen molar-refractivity contribution in [2.75, 3.05) is 0 Å². The van der Waals surface area contributed by atoms with Gasteiger partial charge in [-0.15, -0.1) is 0 Å². The van der Waals surface area contributed by atoms with E-state index in [1.165, 1.54) is 18.4 Å². The zero-order chi connectivity index (χ0) is 21.5. The van der Waals surface area contributed by atoms with Crippen LogP contribution in [0, 0.1) is 6.92 Å². The highest BCUT2D eigenvalue weighted by atomic mass is 32.2. The summed E-state index contributed by atoms with van der Waals surface area (Å²) in [6, 6.07) is 10.7. The summed E-state index contributed by atoms with van der Waals surface area (Å²) in [5.74, 6) is 0.0870. The smallest absolute Gasteiger partial charge is 0.259 e. The first kappa shape index (κ1) is 19.8. The lowest BCUT2D eigenvalue weighted by Crippen LogP contribution is -2.27. The first-order valence-electron chi connectivity index (χ1n) is 8.98. The number of sulfonamides is 1. The number of hydrogen-bond acceptors (Lipinski definition) is 7. The Labute approximate surface area is 171 Å². The van der Waals surface area contributed by atoms with E-state index >= 15 is 0 Å². The van der Waals surface area contributed by atoms with Gasteiger partial charge in [0.1, 0.15) is 5.69 Å². The van der Waals surface area contributed by atoms with E-state index in [9.17, 15) is 13.2 Å². The summed E-state index contributed by atoms with van der Waals surface area (Å²) in [5, 5.41) is 12.5. The number of nitrogens with zero attached hydrogens (tertiary/aromatic N) is 2. The fourth-order valence-corrected chi connectivity index (χ4v) is 3.71. The zero-order valence-electron chi connectivity index (χ0n) is 16.1. The number of furan rings is 1. The van der Waals surface area contributed by atoms with E-state index in [1.54, 1.807) is 44.2 Å². The van der Waals surface area contributed by atoms with Gasteiger partial charge in [-0.05, 0) is 49.7 Å². The molecule has 4 aromatic rings. The van der Waals surface area contributed by atoms with Gasteiger partial charge in [-0.2, -0.15) is 0 Å². The van der Waals surface area contributed by atoms with Gasteiger partial charge in [0, 0.05) is 0 Å². The van der Waals surface area contributed by atoms with E-state index in [2.05, 4.69) is 15.5 Å². The van der Waals surface area contributed by atoms with Crippen molar-refractivity contribution in [1.29, 1.82) is 0 Å². The normalized spacial score (nSPS) is 12.8. The van der Waals surface area contributed by atoms with Gasteiger partial charge in [-0.25, -0.2) is 18.5 Å². The number of benzene rings is 1. The fraction of sp³-hybridized carbons (Fsp3) is 0.150. The molecule has 30 heavy (non-hydrogen) atoms. The second-order valence-electron chi connectivity index (χ2n) is 6.79. The molecule has 0 saturated heterocycles. The number of carbonyl (C=O) groups is 1. The minimum atomic E-state index is -3.85. The Morgan fingerprint density at radius 3 is 2.70 bits per heavy atom. The quantitative estimate of drug-likeness (QED) is 0.500. The van der Waals surface area contributed by atoms with Crippen LogP contribution in [0.5, 0.6) is 0 Å². The SMILES string of the molecule is Cc1noc2nc(-c3ccco3)cc(C(=O)NC(C)c3cccc(S(N)(=O)=O)c3)c12. The van der Waals surface area contributed by atoms with E-state index in [-0.39, 0.29) is 10.6 Å². The second kappa shape index (κ2) is 7.39. The van der Waals surface area contributed by atoms with Crippen LogP contribution in [0.25, 0.3) is 22.6 Å². The van der Waals surface area contributed by atoms with Crippen LogP contribution in [0.4, 0.5) is 0 Å². The van der Waals surface area contributed by atoms with Crippen LogP contribution >= 0.6 is 0 Å². The van der Waals surface area contributed by atoms with E-state index in [0.717, 1.165) is 0 Å². The lowest BCUT2D eigenvalue weighted by atomic mass is 10.1. The summed E-state index contributed by atoms with van der Waals surface area (Å²) in [6.45, 7) is 3.46. The van der Waals surface area contributed by atoms with Crippen molar-refractivity contribution in [3.63, 3.8) is 0 Å². The van der Waals surface area contributed by atoms with Gasteiger partial charge >= 0.3 is 0 Å². The molecule has 0 bridgehead atoms. The Bertz CT molecular complexity index is 1340. The Balaban J connectivity index is 1.70. The molecule has 1 unspecified atom stereocenters. The lowest BCUT2D eigenvalue weighted by Gasteiger charge is -2.16. The Kier molecular flexibility index (Phi) is 4.88. The van der Waals surface area contributed by atoms with Gasteiger partial charge in [0.2, 0.25) is 10.0 Å². The first-order chi connectivity index (χ1) is 14.2. The zero-order valence-corrected chi connectivity index (χ0v) is 16.9. The van der Waals surface area contributed by atoms with Gasteiger partial charge in [0.15, 0.2) is 5.76 Å². The predicted molar refractivity (Wildman–Crippen MR) is 108 cm³/mol. The minimum absolute atomic E-state index is 0.0256. The number of aromatic nitrogens is 2. The van der Waals surface area contributed by atoms with Crippen molar-refractivity contribution in [1.82, 2.24) is 15.5 Å². The first-order valence-corrected chi connectivity index (χ1v) is 10.5. The third-order valence-electron chi connectivity index (χ3n) is 4.67. The number of pyridine rings is 1. The summed E-state index contributed by atoms with van der Waals surface area (Å²) >= 11 is 0. The number of fused-ring (bicyclic) bond motifs is 1. The Hall–Kier alpha value is -3.50. The van der Waals surface area contributed by atoms with Crippen LogP contribution in [0.15, 0.2) is 62.6 Å². The average molecular weight is 426 g/mol. The molecule has 0 aliphatic carbocycles. The van der Waals surface area contributed by atoms with Gasteiger partial charge in [-0.1, -0.05) is 17.3 Å². The number of hydrogen-bond donors (Lipinski definition) is 2. The summed E-state index contributed by atoms with van der Waals surface area (Å²) in [4.78, 5) is 17.5. The number of nitrogens with two attached hydrogens (primary N) is 1. The van der Waals surface area contributed by atoms with E-state index in [1.807, 2.05) is 0 Å². The number of nitrogens with one attached hydrogen (secondary N) is 1. The van der Waals surface area contributed by atoms with Crippen LogP contribution < -0.4 is 10.5 Å². The van der Waals surface area contributed by atoms with Gasteiger partial charge < -0.3 is 14.3 Å². The number of rotatable bonds is 5. The van der Waals surface area contributed by atoms with Crippen molar-refractivity contribution in [2.24, 2.45) is 5.14 Å². The predicted octanol–water partition coefficient (Wildman–Crippen LogP) is 2.93. The number of primary sulfonamides is 1. The van der Waals surface area contributed by atoms with Crippen molar-refractivity contribution >= 4 is 27.0 Å². The number of aryl methyl sites for hydroxylation is 1. The molecule has 3 heterocycles. The minimum Gasteiger partial charge on any atom is -0.463 e. The third-order valence-corrected chi connectivity index (χ3v) is 5.58. The molecule has 4 rings (SSSR count). The Morgan fingerprint density at radius 1 is 1.20 bits per heavy atom. The van der Waals surface area contributed by atoms with E-state index in [0.29, 0.717) is 33.7 Å². The van der Waals surface area contributed by atoms with Gasteiger partial charge in [0.05, 0.1) is 33.8 Å². The molecule has 3 aromatic heterocycles. The highest BCUT2D eigenvalue weighted by Gasteiger charge is 2.22. The molecule has 1 aromatic carbocycles. The molecule has 10 heteroatoms. The number of amides is 1. The monoisotopic (exact) mass is 426 g/mol. The van der Waals surface area contributed by atoms with Crippen molar-refractivity contribution in [3.8, 4) is 11.5 Å². The molecule has 1 atom stereocenters. The van der Waals surface area contributed by atoms with Crippen LogP contribution in [0.3, 0.4) is 0 Å². The molecular formula is C20H18N4O5S. The molecule has 0 aliphatic heterocycles. The van der Waals surface area contributed by atoms with Crippen LogP contribution in [0.2, 0.25) is 0 Å². The molecule has 9 nitrogen and oxygen atoms in total. The van der Waals surface area contributed by atoms with Crippen LogP contribution in [-0.2, 0) is 10.0 Å². The maximum atomic E-state index is 13.1. The molecule has 154 valence electrons. The molecule has 0 radical (unpaired) electrons. The van der Waals surface area contributed by atoms with E-state index in [4.69, 9.17) is 14.1 Å². The highest BCUT2D eigenvalue weighted by molar-refractivity contribution is 7.89. The molecule has 0 aliphatic rings. The van der Waals surface area contributed by atoms with Crippen molar-refractivity contribution < 1.29 is 22.2 Å². The molecular weight excluding hydrogens is 408 g/mol. The van der Waals surface area contributed by atoms with Gasteiger partial charge in [-0.3, -0.25) is 4.79 Å². The van der Waals surface area contributed by atoms with Crippen LogP contribution in [-0.4, -0.2) is 24.5 Å². The molecule has 0 saturated carbocycles. The lowest BCUT2D eigenvalue weighted by molar-refractivity contribution is 0.0941. The summed E-state index contributed by atoms with van der Waals surface area (Å²) < 4.78 is 33.9. The molecule has 3 N–H and O–H groups in total. The van der Waals surface area contributed by atoms with Gasteiger partial charge in [0.25, 0.3) is 11.6 Å². The maximum absolute atomic E-state index is 13.1. The molecule has 0 spiro atoms. The topological polar surface area (TPSA) is 141 Å². The molecule has 1 amide bonds.